The molecule has 2 aliphatic heterocycles. The van der Waals surface area contributed by atoms with Gasteiger partial charge in [0.05, 0.1) is 20.1 Å². The van der Waals surface area contributed by atoms with Gasteiger partial charge in [0.15, 0.2) is 23.3 Å². The minimum Gasteiger partial charge on any atom is -0.444 e. The maximum Gasteiger partial charge on any atom is 0.410 e. The largest absolute Gasteiger partial charge is 0.444 e. The number of ether oxygens (including phenoxy) is 1. The van der Waals surface area contributed by atoms with Gasteiger partial charge in [0, 0.05) is 90.9 Å². The number of hydrogen-bond acceptors (Lipinski definition) is 9. The van der Waals surface area contributed by atoms with E-state index in [2.05, 4.69) is 52.0 Å². The van der Waals surface area contributed by atoms with Crippen molar-refractivity contribution in [3.05, 3.63) is 115 Å². The summed E-state index contributed by atoms with van der Waals surface area (Å²) in [5.41, 5.74) is 1.32. The van der Waals surface area contributed by atoms with Crippen molar-refractivity contribution in [2.45, 2.75) is 53.3 Å². The first kappa shape index (κ1) is 47.2. The average molecular weight is 979 g/mol. The second-order valence-electron chi connectivity index (χ2n) is 15.4. The van der Waals surface area contributed by atoms with E-state index in [0.29, 0.717) is 71.8 Å². The number of aromatic nitrogens is 2. The molecule has 4 heterocycles. The summed E-state index contributed by atoms with van der Waals surface area (Å²) in [7, 11) is 0. The summed E-state index contributed by atoms with van der Waals surface area (Å²) in [4.78, 5) is 56.1. The van der Waals surface area contributed by atoms with E-state index in [-0.39, 0.29) is 31.0 Å². The van der Waals surface area contributed by atoms with E-state index in [9.17, 15) is 31.9 Å². The summed E-state index contributed by atoms with van der Waals surface area (Å²) < 4.78 is 60.1. The maximum atomic E-state index is 13.5. The fraction of sp³-hybridized carbons (Fsp3) is 0.419. The van der Waals surface area contributed by atoms with Gasteiger partial charge in [0.1, 0.15) is 17.2 Å². The number of hydrogen-bond donors (Lipinski definition) is 1. The smallest absolute Gasteiger partial charge is 0.410 e. The van der Waals surface area contributed by atoms with Crippen LogP contribution in [0.4, 0.5) is 34.0 Å². The van der Waals surface area contributed by atoms with Gasteiger partial charge in [0.25, 0.3) is 11.8 Å². The fourth-order valence-corrected chi connectivity index (χ4v) is 7.80. The Morgan fingerprint density at radius 1 is 0.672 bits per heavy atom. The van der Waals surface area contributed by atoms with Crippen molar-refractivity contribution in [3.63, 3.8) is 0 Å². The van der Waals surface area contributed by atoms with Crippen LogP contribution in [0, 0.1) is 23.3 Å². The zero-order valence-corrected chi connectivity index (χ0v) is 38.0. The Morgan fingerprint density at radius 3 is 1.48 bits per heavy atom. The van der Waals surface area contributed by atoms with Crippen LogP contribution in [-0.2, 0) is 17.8 Å². The van der Waals surface area contributed by atoms with E-state index in [1.54, 1.807) is 28.1 Å². The topological polar surface area (TPSA) is 114 Å². The molecular formula is C43H50Br2F4N8O4. The molecule has 0 aliphatic carbocycles. The number of amides is 3. The van der Waals surface area contributed by atoms with Crippen molar-refractivity contribution in [1.29, 1.82) is 0 Å². The zero-order chi connectivity index (χ0) is 44.4. The predicted octanol–water partition coefficient (Wildman–Crippen LogP) is 8.04. The van der Waals surface area contributed by atoms with Gasteiger partial charge in [-0.1, -0.05) is 12.1 Å². The lowest BCUT2D eigenvalue weighted by Gasteiger charge is -2.36. The Balaban J connectivity index is 0.000000237. The summed E-state index contributed by atoms with van der Waals surface area (Å²) in [6.07, 6.45) is 2.75. The molecule has 4 aromatic rings. The van der Waals surface area contributed by atoms with Crippen LogP contribution in [-0.4, -0.2) is 114 Å². The van der Waals surface area contributed by atoms with Crippen LogP contribution in [0.2, 0.25) is 0 Å². The van der Waals surface area contributed by atoms with Gasteiger partial charge < -0.3 is 34.6 Å². The van der Waals surface area contributed by atoms with Crippen LogP contribution in [0.1, 0.15) is 66.5 Å². The van der Waals surface area contributed by atoms with E-state index < -0.39 is 28.9 Å². The van der Waals surface area contributed by atoms with Gasteiger partial charge in [-0.2, -0.15) is 0 Å². The van der Waals surface area contributed by atoms with Crippen molar-refractivity contribution < 1.29 is 36.7 Å². The molecule has 0 spiro atoms. The molecule has 0 radical (unpaired) electrons. The number of pyridine rings is 2. The van der Waals surface area contributed by atoms with Gasteiger partial charge in [-0.3, -0.25) is 9.59 Å². The van der Waals surface area contributed by atoms with Crippen molar-refractivity contribution in [2.75, 3.05) is 75.2 Å². The summed E-state index contributed by atoms with van der Waals surface area (Å²) in [6, 6.07) is 10.8. The molecule has 6 rings (SSSR count). The summed E-state index contributed by atoms with van der Waals surface area (Å²) in [5.74, 6) is -2.65. The molecule has 3 amide bonds. The number of nitrogens with zero attached hydrogens (tertiary/aromatic N) is 7. The normalized spacial score (nSPS) is 14.2. The lowest BCUT2D eigenvalue weighted by atomic mass is 10.1. The molecule has 328 valence electrons. The molecule has 18 heteroatoms. The van der Waals surface area contributed by atoms with E-state index >= 15 is 0 Å². The lowest BCUT2D eigenvalue weighted by Crippen LogP contribution is -2.50. The molecule has 2 aromatic heterocycles. The third kappa shape index (κ3) is 12.9. The average Bonchev–Trinajstić information content (AvgIpc) is 3.24. The third-order valence-corrected chi connectivity index (χ3v) is 11.0. The first-order valence-electron chi connectivity index (χ1n) is 19.9. The first-order chi connectivity index (χ1) is 29.0. The summed E-state index contributed by atoms with van der Waals surface area (Å²) >= 11 is 7.04. The molecule has 2 saturated heterocycles. The number of carbonyl (C=O) groups excluding carboxylic acids is 3. The minimum atomic E-state index is -0.943. The number of nitrogens with one attached hydrogen (secondary N) is 1. The fourth-order valence-electron chi connectivity index (χ4n) is 6.60. The van der Waals surface area contributed by atoms with Crippen LogP contribution < -0.4 is 15.1 Å². The van der Waals surface area contributed by atoms with Gasteiger partial charge in [-0.15, -0.1) is 0 Å². The molecule has 2 fully saturated rings. The summed E-state index contributed by atoms with van der Waals surface area (Å²) in [5, 5.41) is 3.29. The Labute approximate surface area is 370 Å². The molecular weight excluding hydrogens is 928 g/mol. The van der Waals surface area contributed by atoms with Crippen LogP contribution >= 0.6 is 31.9 Å². The zero-order valence-electron chi connectivity index (χ0n) is 34.8. The molecule has 1 N–H and O–H groups in total. The second kappa shape index (κ2) is 21.3. The van der Waals surface area contributed by atoms with Gasteiger partial charge >= 0.3 is 6.09 Å². The Kier molecular flexibility index (Phi) is 16.5. The predicted molar refractivity (Wildman–Crippen MR) is 233 cm³/mol. The number of anilines is 2. The molecule has 61 heavy (non-hydrogen) atoms. The van der Waals surface area contributed by atoms with Crippen molar-refractivity contribution in [1.82, 2.24) is 30.0 Å². The highest BCUT2D eigenvalue weighted by atomic mass is 79.9. The number of carbonyl (C=O) groups is 3. The standard InChI is InChI=1S/C24H29BrF2N4O3.C19H21BrF2N4O/c1-5-29(15-16-6-7-19(26)20(27)12-16)22(32)17-13-18(25)21(28-14-17)30-8-10-31(11-9-30)23(33)34-24(2,3)4;1-2-25(12-13-3-4-16(21)17(22)9-13)19(27)14-10-15(20)18(24-11-14)26-7-5-23-6-8-26/h6-7,12-14H,5,8-11,15H2,1-4H3;3-4,9-11,23H,2,5-8,12H2,1H3. The number of piperazine rings is 2. The molecule has 12 nitrogen and oxygen atoms in total. The van der Waals surface area contributed by atoms with Crippen molar-refractivity contribution >= 4 is 61.4 Å². The van der Waals surface area contributed by atoms with E-state index in [0.717, 1.165) is 60.7 Å². The van der Waals surface area contributed by atoms with Crippen molar-refractivity contribution in [2.24, 2.45) is 0 Å². The molecule has 2 aliphatic rings. The second-order valence-corrected chi connectivity index (χ2v) is 17.1. The van der Waals surface area contributed by atoms with E-state index in [1.165, 1.54) is 23.2 Å². The number of halogens is 6. The first-order valence-corrected chi connectivity index (χ1v) is 21.5. The Morgan fingerprint density at radius 2 is 1.10 bits per heavy atom. The van der Waals surface area contributed by atoms with Crippen LogP contribution in [0.25, 0.3) is 0 Å². The summed E-state index contributed by atoms with van der Waals surface area (Å²) in [6.45, 7) is 16.0. The van der Waals surface area contributed by atoms with Crippen LogP contribution in [0.3, 0.4) is 0 Å². The highest BCUT2D eigenvalue weighted by Gasteiger charge is 2.28. The van der Waals surface area contributed by atoms with E-state index in [4.69, 9.17) is 4.74 Å². The molecule has 0 unspecified atom stereocenters. The highest BCUT2D eigenvalue weighted by molar-refractivity contribution is 9.11. The van der Waals surface area contributed by atoms with E-state index in [1.807, 2.05) is 39.5 Å². The van der Waals surface area contributed by atoms with Crippen LogP contribution in [0.15, 0.2) is 69.9 Å². The molecule has 0 saturated carbocycles. The molecule has 0 atom stereocenters. The number of rotatable bonds is 10. The molecule has 2 aromatic carbocycles. The molecule has 0 bridgehead atoms. The van der Waals surface area contributed by atoms with Crippen molar-refractivity contribution in [3.8, 4) is 0 Å². The van der Waals surface area contributed by atoms with Crippen LogP contribution in [0.5, 0.6) is 0 Å². The Bertz CT molecular complexity index is 2180. The highest BCUT2D eigenvalue weighted by Crippen LogP contribution is 2.28. The lowest BCUT2D eigenvalue weighted by molar-refractivity contribution is 0.0240. The quantitative estimate of drug-likeness (QED) is 0.158. The SMILES string of the molecule is CCN(Cc1ccc(F)c(F)c1)C(=O)c1cnc(N2CCN(C(=O)OC(C)(C)C)CC2)c(Br)c1.CCN(Cc1ccc(F)c(F)c1)C(=O)c1cnc(N2CCNCC2)c(Br)c1. The maximum absolute atomic E-state index is 13.5. The number of benzene rings is 2. The van der Waals surface area contributed by atoms with Gasteiger partial charge in [0.2, 0.25) is 0 Å². The van der Waals surface area contributed by atoms with Gasteiger partial charge in [-0.25, -0.2) is 32.3 Å². The monoisotopic (exact) mass is 976 g/mol. The third-order valence-electron chi connectivity index (χ3n) is 9.84. The minimum absolute atomic E-state index is 0.151. The Hall–Kier alpha value is -4.81. The van der Waals surface area contributed by atoms with Gasteiger partial charge in [-0.05, 0) is 114 Å².